The van der Waals surface area contributed by atoms with Gasteiger partial charge in [0, 0.05) is 31.3 Å². The number of hydrogen-bond acceptors (Lipinski definition) is 4. The summed E-state index contributed by atoms with van der Waals surface area (Å²) in [5, 5.41) is 2.42. The molecule has 0 aliphatic carbocycles. The Hall–Kier alpha value is -2.57. The van der Waals surface area contributed by atoms with Gasteiger partial charge >= 0.3 is 12.0 Å². The molecule has 1 aromatic carbocycles. The molecule has 1 rings (SSSR count). The summed E-state index contributed by atoms with van der Waals surface area (Å²) < 4.78 is 4.53. The smallest absolute Gasteiger partial charge is 0.316 e. The van der Waals surface area contributed by atoms with E-state index in [2.05, 4.69) is 10.1 Å². The van der Waals surface area contributed by atoms with Crippen LogP contribution in [0.1, 0.15) is 23.2 Å². The predicted octanol–water partition coefficient (Wildman–Crippen LogP) is 1.20. The molecule has 0 heterocycles. The number of hydrogen-bond donors (Lipinski definition) is 2. The Balaban J connectivity index is 2.53. The molecule has 1 aromatic rings. The molecule has 0 fully saturated rings. The Morgan fingerprint density at radius 3 is 2.38 bits per heavy atom. The maximum atomic E-state index is 12.1. The van der Waals surface area contributed by atoms with Gasteiger partial charge in [-0.15, -0.1) is 0 Å². The molecule has 0 saturated heterocycles. The summed E-state index contributed by atoms with van der Waals surface area (Å²) >= 11 is 0. The van der Waals surface area contributed by atoms with Gasteiger partial charge in [-0.2, -0.15) is 0 Å². The fourth-order valence-corrected chi connectivity index (χ4v) is 1.72. The summed E-state index contributed by atoms with van der Waals surface area (Å²) in [6.07, 6.45) is 0.811. The van der Waals surface area contributed by atoms with Gasteiger partial charge in [-0.1, -0.05) is 0 Å². The Morgan fingerprint density at radius 1 is 1.24 bits per heavy atom. The zero-order valence-corrected chi connectivity index (χ0v) is 12.1. The molecule has 0 aliphatic rings. The molecule has 0 aromatic heterocycles. The van der Waals surface area contributed by atoms with E-state index in [1.165, 1.54) is 12.0 Å². The van der Waals surface area contributed by atoms with E-state index in [1.54, 1.807) is 31.3 Å². The number of esters is 1. The van der Waals surface area contributed by atoms with E-state index in [0.29, 0.717) is 24.2 Å². The van der Waals surface area contributed by atoms with Crippen molar-refractivity contribution in [3.8, 4) is 0 Å². The van der Waals surface area contributed by atoms with Crippen molar-refractivity contribution in [2.75, 3.05) is 26.0 Å². The number of carbonyl (C=O) groups excluding carboxylic acids is 3. The van der Waals surface area contributed by atoms with Crippen LogP contribution in [0.15, 0.2) is 24.3 Å². The number of benzene rings is 1. The minimum absolute atomic E-state index is 0.162. The molecule has 0 unspecified atom stereocenters. The van der Waals surface area contributed by atoms with Crippen LogP contribution in [0.2, 0.25) is 0 Å². The highest BCUT2D eigenvalue weighted by Crippen LogP contribution is 2.11. The number of carbonyl (C=O) groups is 3. The lowest BCUT2D eigenvalue weighted by Gasteiger charge is -2.17. The number of methoxy groups -OCH3 is 1. The zero-order chi connectivity index (χ0) is 15.8. The minimum Gasteiger partial charge on any atom is -0.469 e. The summed E-state index contributed by atoms with van der Waals surface area (Å²) in [4.78, 5) is 35.3. The van der Waals surface area contributed by atoms with E-state index in [9.17, 15) is 14.4 Å². The molecule has 3 amide bonds. The number of rotatable bonds is 6. The first-order valence-electron chi connectivity index (χ1n) is 6.43. The third kappa shape index (κ3) is 5.52. The average Bonchev–Trinajstić information content (AvgIpc) is 2.46. The van der Waals surface area contributed by atoms with Gasteiger partial charge in [0.15, 0.2) is 0 Å². The predicted molar refractivity (Wildman–Crippen MR) is 77.9 cm³/mol. The Kier molecular flexibility index (Phi) is 6.19. The van der Waals surface area contributed by atoms with Crippen LogP contribution in [-0.4, -0.2) is 43.5 Å². The summed E-state index contributed by atoms with van der Waals surface area (Å²) in [5.74, 6) is -0.455. The molecular weight excluding hydrogens is 274 g/mol. The number of primary amides is 1. The van der Waals surface area contributed by atoms with Gasteiger partial charge < -0.3 is 20.7 Å². The molecule has 7 heteroatoms. The number of nitrogens with one attached hydrogen (secondary N) is 1. The molecule has 3 N–H and O–H groups in total. The standard InChI is InChI=1S/C14H19N3O4/c1-17(9-3-4-12(18)21-2)13(19)10-5-7-11(8-6-10)16-14(15)20/h5-8H,3-4,9H2,1-2H3,(H3,15,16,20). The Labute approximate surface area is 123 Å². The molecule has 0 atom stereocenters. The number of ether oxygens (including phenoxy) is 1. The summed E-state index contributed by atoms with van der Waals surface area (Å²) in [6, 6.07) is 5.74. The van der Waals surface area contributed by atoms with Crippen LogP contribution in [-0.2, 0) is 9.53 Å². The third-order valence-electron chi connectivity index (χ3n) is 2.85. The van der Waals surface area contributed by atoms with E-state index in [4.69, 9.17) is 5.73 Å². The van der Waals surface area contributed by atoms with Crippen LogP contribution >= 0.6 is 0 Å². The van der Waals surface area contributed by atoms with Crippen molar-refractivity contribution in [2.45, 2.75) is 12.8 Å². The van der Waals surface area contributed by atoms with Gasteiger partial charge in [0.25, 0.3) is 5.91 Å². The van der Waals surface area contributed by atoms with E-state index in [0.717, 1.165) is 0 Å². The van der Waals surface area contributed by atoms with Crippen molar-refractivity contribution in [3.05, 3.63) is 29.8 Å². The number of nitrogens with two attached hydrogens (primary N) is 1. The number of anilines is 1. The maximum Gasteiger partial charge on any atom is 0.316 e. The number of nitrogens with zero attached hydrogens (tertiary/aromatic N) is 1. The molecule has 7 nitrogen and oxygen atoms in total. The van der Waals surface area contributed by atoms with Crippen molar-refractivity contribution in [3.63, 3.8) is 0 Å². The first-order chi connectivity index (χ1) is 9.93. The van der Waals surface area contributed by atoms with Gasteiger partial charge in [-0.3, -0.25) is 9.59 Å². The third-order valence-corrected chi connectivity index (χ3v) is 2.85. The summed E-state index contributed by atoms with van der Waals surface area (Å²) in [7, 11) is 2.99. The maximum absolute atomic E-state index is 12.1. The van der Waals surface area contributed by atoms with Crippen LogP contribution in [0.4, 0.5) is 10.5 Å². The largest absolute Gasteiger partial charge is 0.469 e. The van der Waals surface area contributed by atoms with Gasteiger partial charge in [0.05, 0.1) is 7.11 Å². The molecule has 0 saturated carbocycles. The second-order valence-corrected chi connectivity index (χ2v) is 4.47. The Bertz CT molecular complexity index is 513. The van der Waals surface area contributed by atoms with Crippen molar-refractivity contribution in [1.82, 2.24) is 4.90 Å². The molecular formula is C14H19N3O4. The lowest BCUT2D eigenvalue weighted by Crippen LogP contribution is -2.28. The van der Waals surface area contributed by atoms with E-state index < -0.39 is 6.03 Å². The molecule has 0 spiro atoms. The van der Waals surface area contributed by atoms with E-state index >= 15 is 0 Å². The van der Waals surface area contributed by atoms with Crippen LogP contribution in [0.25, 0.3) is 0 Å². The highest BCUT2D eigenvalue weighted by Gasteiger charge is 2.12. The summed E-state index contributed by atoms with van der Waals surface area (Å²) in [6.45, 7) is 0.454. The fourth-order valence-electron chi connectivity index (χ4n) is 1.72. The SMILES string of the molecule is COC(=O)CCCN(C)C(=O)c1ccc(NC(N)=O)cc1. The first kappa shape index (κ1) is 16.5. The van der Waals surface area contributed by atoms with Gasteiger partial charge in [0.1, 0.15) is 0 Å². The lowest BCUT2D eigenvalue weighted by atomic mass is 10.1. The van der Waals surface area contributed by atoms with Gasteiger partial charge in [0.2, 0.25) is 0 Å². The van der Waals surface area contributed by atoms with Crippen LogP contribution in [0.3, 0.4) is 0 Å². The van der Waals surface area contributed by atoms with E-state index in [1.807, 2.05) is 0 Å². The van der Waals surface area contributed by atoms with Gasteiger partial charge in [-0.05, 0) is 30.7 Å². The second-order valence-electron chi connectivity index (χ2n) is 4.47. The Morgan fingerprint density at radius 2 is 1.86 bits per heavy atom. The van der Waals surface area contributed by atoms with Crippen LogP contribution in [0, 0.1) is 0 Å². The molecule has 0 bridgehead atoms. The number of urea groups is 1. The fraction of sp³-hybridized carbons (Fsp3) is 0.357. The second kappa shape index (κ2) is 7.88. The van der Waals surface area contributed by atoms with Crippen molar-refractivity contribution < 1.29 is 19.1 Å². The summed E-state index contributed by atoms with van der Waals surface area (Å²) in [5.41, 5.74) is 6.01. The van der Waals surface area contributed by atoms with Crippen molar-refractivity contribution >= 4 is 23.6 Å². The lowest BCUT2D eigenvalue weighted by molar-refractivity contribution is -0.140. The van der Waals surface area contributed by atoms with Crippen LogP contribution < -0.4 is 11.1 Å². The number of amides is 3. The minimum atomic E-state index is -0.658. The molecule has 0 aliphatic heterocycles. The molecule has 0 radical (unpaired) electrons. The molecule has 21 heavy (non-hydrogen) atoms. The highest BCUT2D eigenvalue weighted by molar-refractivity contribution is 5.95. The topological polar surface area (TPSA) is 102 Å². The molecule has 114 valence electrons. The van der Waals surface area contributed by atoms with Crippen LogP contribution in [0.5, 0.6) is 0 Å². The zero-order valence-electron chi connectivity index (χ0n) is 12.1. The van der Waals surface area contributed by atoms with Crippen molar-refractivity contribution in [2.24, 2.45) is 5.73 Å². The highest BCUT2D eigenvalue weighted by atomic mass is 16.5. The quantitative estimate of drug-likeness (QED) is 0.769. The van der Waals surface area contributed by atoms with Crippen molar-refractivity contribution in [1.29, 1.82) is 0 Å². The normalized spacial score (nSPS) is 9.81. The van der Waals surface area contributed by atoms with E-state index in [-0.39, 0.29) is 18.3 Å². The monoisotopic (exact) mass is 293 g/mol. The average molecular weight is 293 g/mol. The first-order valence-corrected chi connectivity index (χ1v) is 6.43. The van der Waals surface area contributed by atoms with Gasteiger partial charge in [-0.25, -0.2) is 4.79 Å².